The predicted molar refractivity (Wildman–Crippen MR) is 189 cm³/mol. The number of benzene rings is 2. The minimum absolute atomic E-state index is 0.0572. The number of halogens is 3. The molecule has 2 unspecified atom stereocenters. The van der Waals surface area contributed by atoms with Crippen LogP contribution in [0, 0.1) is 23.7 Å². The number of aliphatic hydroxyl groups is 1. The van der Waals surface area contributed by atoms with E-state index in [4.69, 9.17) is 16.3 Å². The molecule has 2 aromatic rings. The maximum atomic E-state index is 14.5. The summed E-state index contributed by atoms with van der Waals surface area (Å²) < 4.78 is 54.0. The smallest absolute Gasteiger partial charge is 0.327 e. The number of hydrogen-bond acceptors (Lipinski definition) is 6. The van der Waals surface area contributed by atoms with Gasteiger partial charge in [-0.3, -0.25) is 4.79 Å². The van der Waals surface area contributed by atoms with E-state index in [1.54, 1.807) is 31.2 Å². The highest BCUT2D eigenvalue weighted by Gasteiger charge is 2.46. The second-order valence-electron chi connectivity index (χ2n) is 15.0. The molecule has 2 aliphatic heterocycles. The zero-order valence-electron chi connectivity index (χ0n) is 28.3. The molecular weight excluding hydrogens is 686 g/mol. The lowest BCUT2D eigenvalue weighted by Crippen LogP contribution is -2.49. The highest BCUT2D eigenvalue weighted by atomic mass is 35.5. The third kappa shape index (κ3) is 6.87. The lowest BCUT2D eigenvalue weighted by atomic mass is 9.68. The van der Waals surface area contributed by atoms with Crippen LogP contribution >= 0.6 is 11.6 Å². The van der Waals surface area contributed by atoms with Gasteiger partial charge in [-0.05, 0) is 111 Å². The van der Waals surface area contributed by atoms with Gasteiger partial charge in [-0.1, -0.05) is 36.7 Å². The molecule has 7 rings (SSSR count). The topological polar surface area (TPSA) is 120 Å². The van der Waals surface area contributed by atoms with Crippen LogP contribution in [-0.2, 0) is 21.8 Å². The van der Waals surface area contributed by atoms with Gasteiger partial charge in [0.15, 0.2) is 0 Å². The molecule has 0 saturated heterocycles. The fraction of sp³-hybridized carbons (Fsp3) is 0.568. The van der Waals surface area contributed by atoms with Gasteiger partial charge < -0.3 is 20.1 Å². The molecule has 0 aromatic heterocycles. The number of anilines is 1. The lowest BCUT2D eigenvalue weighted by molar-refractivity contribution is 0.0456. The van der Waals surface area contributed by atoms with Crippen molar-refractivity contribution in [3.8, 4) is 5.75 Å². The minimum atomic E-state index is -3.75. The van der Waals surface area contributed by atoms with Crippen molar-refractivity contribution in [3.05, 3.63) is 70.3 Å². The molecular formula is C37H45ClF2N4O5S. The number of urea groups is 1. The lowest BCUT2D eigenvalue weighted by Gasteiger charge is -2.45. The summed E-state index contributed by atoms with van der Waals surface area (Å²) in [6, 6.07) is 9.52. The second kappa shape index (κ2) is 13.7. The molecule has 2 fully saturated rings. The Kier molecular flexibility index (Phi) is 9.66. The van der Waals surface area contributed by atoms with Crippen LogP contribution in [0.4, 0.5) is 19.3 Å². The van der Waals surface area contributed by atoms with Crippen LogP contribution in [0.3, 0.4) is 0 Å². The zero-order valence-corrected chi connectivity index (χ0v) is 29.9. The average Bonchev–Trinajstić information content (AvgIpc) is 3.85. The summed E-state index contributed by atoms with van der Waals surface area (Å²) in [5.41, 5.74) is 3.01. The fourth-order valence-electron chi connectivity index (χ4n) is 8.25. The van der Waals surface area contributed by atoms with Crippen molar-refractivity contribution in [2.45, 2.75) is 88.0 Å². The van der Waals surface area contributed by atoms with E-state index in [1.165, 1.54) is 11.1 Å². The first-order valence-electron chi connectivity index (χ1n) is 17.7. The van der Waals surface area contributed by atoms with E-state index >= 15 is 0 Å². The van der Waals surface area contributed by atoms with Gasteiger partial charge in [0.05, 0.1) is 23.6 Å². The van der Waals surface area contributed by atoms with Crippen LogP contribution in [0.1, 0.15) is 73.9 Å². The van der Waals surface area contributed by atoms with E-state index in [0.29, 0.717) is 36.9 Å². The number of carbonyl (C=O) groups excluding carboxylic acids is 2. The Morgan fingerprint density at radius 3 is 2.76 bits per heavy atom. The van der Waals surface area contributed by atoms with E-state index in [2.05, 4.69) is 25.4 Å². The maximum Gasteiger partial charge on any atom is 0.327 e. The first-order valence-corrected chi connectivity index (χ1v) is 19.6. The summed E-state index contributed by atoms with van der Waals surface area (Å²) >= 11 is 6.41. The van der Waals surface area contributed by atoms with Gasteiger partial charge in [-0.2, -0.15) is 0 Å². The number of amides is 3. The molecule has 13 heteroatoms. The Labute approximate surface area is 297 Å². The van der Waals surface area contributed by atoms with Crippen LogP contribution < -0.4 is 19.7 Å². The SMILES string of the molecule is C[C@@H]1[C@@H](C)C/C=C\[C@H](O)[C@@H]2CC[C@H]2CN2C[C@@]3(CCCc4cc(Cl)ccc43)COc3ccc(cc32)C(=O)N=S1(=O)NC(=O)NC1C[C@H]1C(F)F. The number of rotatable bonds is 3. The van der Waals surface area contributed by atoms with Gasteiger partial charge >= 0.3 is 6.03 Å². The number of fused-ring (bicyclic) bond motifs is 4. The molecule has 3 aliphatic carbocycles. The van der Waals surface area contributed by atoms with Crippen LogP contribution in [0.25, 0.3) is 0 Å². The van der Waals surface area contributed by atoms with Gasteiger partial charge in [-0.25, -0.2) is 22.5 Å². The van der Waals surface area contributed by atoms with E-state index in [9.17, 15) is 27.7 Å². The number of ether oxygens (including phenoxy) is 1. The molecule has 1 spiro atoms. The second-order valence-corrected chi connectivity index (χ2v) is 17.7. The monoisotopic (exact) mass is 730 g/mol. The summed E-state index contributed by atoms with van der Waals surface area (Å²) in [6.07, 6.45) is 5.67. The molecule has 2 aromatic carbocycles. The largest absolute Gasteiger partial charge is 0.490 e. The van der Waals surface area contributed by atoms with E-state index < -0.39 is 51.6 Å². The van der Waals surface area contributed by atoms with Gasteiger partial charge in [-0.15, -0.1) is 4.36 Å². The van der Waals surface area contributed by atoms with Crippen molar-refractivity contribution in [2.75, 3.05) is 24.6 Å². The van der Waals surface area contributed by atoms with E-state index in [-0.39, 0.29) is 35.2 Å². The Morgan fingerprint density at radius 2 is 2.02 bits per heavy atom. The van der Waals surface area contributed by atoms with E-state index in [1.807, 2.05) is 25.1 Å². The van der Waals surface area contributed by atoms with Gasteiger partial charge in [0, 0.05) is 41.1 Å². The normalized spacial score (nSPS) is 35.8. The highest BCUT2D eigenvalue weighted by Crippen LogP contribution is 2.47. The summed E-state index contributed by atoms with van der Waals surface area (Å²) in [6.45, 7) is 5.22. The molecule has 0 radical (unpaired) electrons. The Hall–Kier alpha value is -3.22. The molecule has 3 amide bonds. The summed E-state index contributed by atoms with van der Waals surface area (Å²) in [5.74, 6) is -1.14. The minimum Gasteiger partial charge on any atom is -0.490 e. The quantitative estimate of drug-likeness (QED) is 0.304. The van der Waals surface area contributed by atoms with Crippen LogP contribution in [0.2, 0.25) is 5.02 Å². The molecule has 9 nitrogen and oxygen atoms in total. The number of aryl methyl sites for hydroxylation is 1. The number of allylic oxidation sites excluding steroid dienone is 1. The van der Waals surface area contributed by atoms with Gasteiger partial charge in [0.25, 0.3) is 5.91 Å². The van der Waals surface area contributed by atoms with Crippen LogP contribution in [0.5, 0.6) is 5.75 Å². The van der Waals surface area contributed by atoms with E-state index in [0.717, 1.165) is 37.8 Å². The molecule has 270 valence electrons. The zero-order chi connectivity index (χ0) is 35.4. The molecule has 50 heavy (non-hydrogen) atoms. The number of aliphatic hydroxyl groups excluding tert-OH is 1. The Morgan fingerprint density at radius 1 is 1.20 bits per heavy atom. The third-order valence-electron chi connectivity index (χ3n) is 11.7. The highest BCUT2D eigenvalue weighted by molar-refractivity contribution is 7.93. The Balaban J connectivity index is 1.27. The summed E-state index contributed by atoms with van der Waals surface area (Å²) in [4.78, 5) is 29.2. The maximum absolute atomic E-state index is 14.5. The molecule has 2 heterocycles. The molecule has 3 N–H and O–H groups in total. The third-order valence-corrected chi connectivity index (χ3v) is 14.4. The van der Waals surface area contributed by atoms with Gasteiger partial charge in [0.2, 0.25) is 6.43 Å². The number of hydrogen-bond donors (Lipinski definition) is 3. The van der Waals surface area contributed by atoms with Crippen molar-refractivity contribution in [3.63, 3.8) is 0 Å². The average molecular weight is 731 g/mol. The van der Waals surface area contributed by atoms with Crippen LogP contribution in [-0.4, -0.2) is 64.8 Å². The molecule has 5 aliphatic rings. The van der Waals surface area contributed by atoms with Crippen LogP contribution in [0.15, 0.2) is 52.9 Å². The van der Waals surface area contributed by atoms with Crippen molar-refractivity contribution in [1.82, 2.24) is 10.0 Å². The standard InChI is InChI=1S/C37H45ClF2N4O5S/c1-21-5-3-7-32(45)27-11-8-25(27)18-44-19-37(14-4-6-23-15-26(38)10-12-29(23)37)20-49-33-13-9-24(16-31(33)44)35(46)42-50(48,22(21)2)43-36(47)41-30-17-28(30)34(39)40/h3,7,9-10,12-13,15-16,21-22,25,27-28,30,32,34,45H,4-6,8,11,14,17-20H2,1-2H3,(H2,41,42,43,46,47,48)/b7-3-/t21-,22+,25-,27+,28+,30?,32-,37-,50?/m0/s1. The number of nitrogens with one attached hydrogen (secondary N) is 2. The molecule has 2 saturated carbocycles. The Bertz CT molecular complexity index is 1820. The molecule has 9 atom stereocenters. The molecule has 2 bridgehead atoms. The van der Waals surface area contributed by atoms with Crippen molar-refractivity contribution in [1.29, 1.82) is 0 Å². The summed E-state index contributed by atoms with van der Waals surface area (Å²) in [5, 5.41) is 13.7. The number of carbonyl (C=O) groups is 2. The number of nitrogens with zero attached hydrogens (tertiary/aromatic N) is 2. The van der Waals surface area contributed by atoms with Crippen molar-refractivity contribution < 1.29 is 32.4 Å². The van der Waals surface area contributed by atoms with Crippen molar-refractivity contribution in [2.24, 2.45) is 28.0 Å². The summed E-state index contributed by atoms with van der Waals surface area (Å²) in [7, 11) is -3.75. The van der Waals surface area contributed by atoms with Crippen molar-refractivity contribution >= 4 is 39.1 Å². The predicted octanol–water partition coefficient (Wildman–Crippen LogP) is 6.66. The first-order chi connectivity index (χ1) is 23.9. The number of alkyl halides is 2. The fourth-order valence-corrected chi connectivity index (χ4v) is 10.3. The first kappa shape index (κ1) is 35.2. The van der Waals surface area contributed by atoms with Gasteiger partial charge in [0.1, 0.15) is 15.7 Å².